The summed E-state index contributed by atoms with van der Waals surface area (Å²) in [5, 5.41) is 7.92. The molecular weight excluding hydrogens is 432 g/mol. The van der Waals surface area contributed by atoms with E-state index in [2.05, 4.69) is 20.9 Å². The smallest absolute Gasteiger partial charge is 0.367 e. The summed E-state index contributed by atoms with van der Waals surface area (Å²) in [6.07, 6.45) is -3.87. The summed E-state index contributed by atoms with van der Waals surface area (Å²) in [7, 11) is 0. The van der Waals surface area contributed by atoms with Crippen molar-refractivity contribution in [3.05, 3.63) is 57.7 Å². The van der Waals surface area contributed by atoms with Crippen molar-refractivity contribution in [2.45, 2.75) is 19.1 Å². The molecule has 2 rings (SSSR count). The minimum atomic E-state index is -4.53. The lowest BCUT2D eigenvalue weighted by atomic mass is 10.2. The topological polar surface area (TPSA) is 83.1 Å². The number of hydrogen-bond acceptors (Lipinski definition) is 4. The fourth-order valence-electron chi connectivity index (χ4n) is 2.23. The van der Waals surface area contributed by atoms with Crippen molar-refractivity contribution in [3.8, 4) is 0 Å². The number of rotatable bonds is 7. The van der Waals surface area contributed by atoms with E-state index >= 15 is 0 Å². The predicted molar refractivity (Wildman–Crippen MR) is 104 cm³/mol. The minimum Gasteiger partial charge on any atom is -0.367 e. The zero-order chi connectivity index (χ0) is 21.6. The van der Waals surface area contributed by atoms with E-state index in [1.54, 1.807) is 18.2 Å². The van der Waals surface area contributed by atoms with Gasteiger partial charge in [0.25, 0.3) is 5.91 Å². The summed E-state index contributed by atoms with van der Waals surface area (Å²) in [6, 6.07) is 6.37. The van der Waals surface area contributed by atoms with Gasteiger partial charge in [0, 0.05) is 19.3 Å². The first kappa shape index (κ1) is 22.8. The van der Waals surface area contributed by atoms with Crippen LogP contribution in [0.2, 0.25) is 10.0 Å². The summed E-state index contributed by atoms with van der Waals surface area (Å²) >= 11 is 11.7. The van der Waals surface area contributed by atoms with Crippen LogP contribution >= 0.6 is 23.2 Å². The van der Waals surface area contributed by atoms with Crippen LogP contribution in [0.5, 0.6) is 0 Å². The van der Waals surface area contributed by atoms with Crippen LogP contribution < -0.4 is 16.0 Å². The average molecular weight is 449 g/mol. The normalized spacial score (nSPS) is 12.2. The Kier molecular flexibility index (Phi) is 7.69. The molecule has 0 radical (unpaired) electrons. The molecule has 11 heteroatoms. The Labute approximate surface area is 174 Å². The molecule has 2 amide bonds. The number of carbonyl (C=O) groups excluding carboxylic acids is 2. The van der Waals surface area contributed by atoms with Gasteiger partial charge in [0.2, 0.25) is 5.91 Å². The average Bonchev–Trinajstić information content (AvgIpc) is 2.65. The third-order valence-corrected chi connectivity index (χ3v) is 4.36. The van der Waals surface area contributed by atoms with Crippen molar-refractivity contribution in [1.29, 1.82) is 0 Å². The molecule has 2 aromatic rings. The van der Waals surface area contributed by atoms with Gasteiger partial charge in [-0.1, -0.05) is 35.3 Å². The summed E-state index contributed by atoms with van der Waals surface area (Å²) in [5.74, 6) is -0.871. The number of pyridine rings is 1. The number of halogens is 5. The molecule has 3 N–H and O–H groups in total. The van der Waals surface area contributed by atoms with E-state index in [0.29, 0.717) is 6.20 Å². The maximum Gasteiger partial charge on any atom is 0.417 e. The highest BCUT2D eigenvalue weighted by molar-refractivity contribution is 6.34. The molecule has 0 saturated heterocycles. The van der Waals surface area contributed by atoms with Crippen LogP contribution in [0.25, 0.3) is 0 Å². The fraction of sp³-hybridized carbons (Fsp3) is 0.278. The Hall–Kier alpha value is -2.52. The second-order valence-electron chi connectivity index (χ2n) is 5.94. The number of alkyl halides is 3. The largest absolute Gasteiger partial charge is 0.417 e. The number of carbonyl (C=O) groups is 2. The summed E-state index contributed by atoms with van der Waals surface area (Å²) in [4.78, 5) is 27.8. The van der Waals surface area contributed by atoms with E-state index in [0.717, 1.165) is 6.07 Å². The molecule has 0 aliphatic carbocycles. The fourth-order valence-corrected chi connectivity index (χ4v) is 2.68. The van der Waals surface area contributed by atoms with Crippen LogP contribution in [0.3, 0.4) is 0 Å². The van der Waals surface area contributed by atoms with Crippen molar-refractivity contribution in [2.75, 3.05) is 18.4 Å². The molecule has 0 saturated carbocycles. The second-order valence-corrected chi connectivity index (χ2v) is 6.76. The maximum atomic E-state index is 12.6. The van der Waals surface area contributed by atoms with Gasteiger partial charge in [0.1, 0.15) is 11.9 Å². The highest BCUT2D eigenvalue weighted by Crippen LogP contribution is 2.32. The van der Waals surface area contributed by atoms with Gasteiger partial charge in [-0.2, -0.15) is 13.2 Å². The predicted octanol–water partition coefficient (Wildman–Crippen LogP) is 3.75. The SMILES string of the molecule is CC(NC(=O)c1ccccc1Cl)C(=O)NCCNc1ncc(C(F)(F)F)cc1Cl. The zero-order valence-electron chi connectivity index (χ0n) is 15.1. The Balaban J connectivity index is 1.79. The zero-order valence-corrected chi connectivity index (χ0v) is 16.6. The lowest BCUT2D eigenvalue weighted by molar-refractivity contribution is -0.137. The number of nitrogens with one attached hydrogen (secondary N) is 3. The minimum absolute atomic E-state index is 0.0639. The van der Waals surface area contributed by atoms with Crippen LogP contribution in [-0.4, -0.2) is 35.9 Å². The van der Waals surface area contributed by atoms with Gasteiger partial charge >= 0.3 is 6.18 Å². The standard InChI is InChI=1S/C18H17Cl2F3N4O2/c1-10(27-17(29)12-4-2-3-5-13(12)19)16(28)25-7-6-24-15-14(20)8-11(9-26-15)18(21,22)23/h2-5,8-10H,6-7H2,1H3,(H,24,26)(H,25,28)(H,27,29). The highest BCUT2D eigenvalue weighted by Gasteiger charge is 2.31. The maximum absolute atomic E-state index is 12.6. The molecule has 0 aliphatic rings. The van der Waals surface area contributed by atoms with Gasteiger partial charge in [-0.05, 0) is 25.1 Å². The number of nitrogens with zero attached hydrogens (tertiary/aromatic N) is 1. The van der Waals surface area contributed by atoms with Gasteiger partial charge in [0.15, 0.2) is 0 Å². The molecule has 1 unspecified atom stereocenters. The van der Waals surface area contributed by atoms with Crippen molar-refractivity contribution in [2.24, 2.45) is 0 Å². The Morgan fingerprint density at radius 2 is 1.83 bits per heavy atom. The molecule has 0 bridgehead atoms. The first-order valence-corrected chi connectivity index (χ1v) is 9.15. The molecule has 1 heterocycles. The molecule has 1 aromatic carbocycles. The Bertz CT molecular complexity index is 894. The number of aromatic nitrogens is 1. The quantitative estimate of drug-likeness (QED) is 0.563. The van der Waals surface area contributed by atoms with E-state index in [4.69, 9.17) is 23.2 Å². The highest BCUT2D eigenvalue weighted by atomic mass is 35.5. The molecule has 0 aliphatic heterocycles. The lowest BCUT2D eigenvalue weighted by Gasteiger charge is -2.15. The summed E-state index contributed by atoms with van der Waals surface area (Å²) < 4.78 is 37.8. The van der Waals surface area contributed by atoms with Crippen LogP contribution in [-0.2, 0) is 11.0 Å². The van der Waals surface area contributed by atoms with Crippen molar-refractivity contribution >= 4 is 40.8 Å². The Morgan fingerprint density at radius 3 is 2.45 bits per heavy atom. The van der Waals surface area contributed by atoms with Gasteiger partial charge in [-0.25, -0.2) is 4.98 Å². The third kappa shape index (κ3) is 6.50. The number of hydrogen-bond donors (Lipinski definition) is 3. The van der Waals surface area contributed by atoms with Crippen LogP contribution in [0.4, 0.5) is 19.0 Å². The summed E-state index contributed by atoms with van der Waals surface area (Å²) in [5.41, 5.74) is -0.706. The monoisotopic (exact) mass is 448 g/mol. The van der Waals surface area contributed by atoms with Crippen molar-refractivity contribution in [1.82, 2.24) is 15.6 Å². The van der Waals surface area contributed by atoms with Crippen LogP contribution in [0.15, 0.2) is 36.5 Å². The van der Waals surface area contributed by atoms with Gasteiger partial charge in [-0.3, -0.25) is 9.59 Å². The van der Waals surface area contributed by atoms with Crippen LogP contribution in [0.1, 0.15) is 22.8 Å². The summed E-state index contributed by atoms with van der Waals surface area (Å²) in [6.45, 7) is 1.80. The number of anilines is 1. The molecular formula is C18H17Cl2F3N4O2. The first-order valence-electron chi connectivity index (χ1n) is 8.39. The van der Waals surface area contributed by atoms with Gasteiger partial charge in [-0.15, -0.1) is 0 Å². The van der Waals surface area contributed by atoms with Crippen molar-refractivity contribution in [3.63, 3.8) is 0 Å². The van der Waals surface area contributed by atoms with Gasteiger partial charge < -0.3 is 16.0 Å². The molecule has 6 nitrogen and oxygen atoms in total. The van der Waals surface area contributed by atoms with Crippen molar-refractivity contribution < 1.29 is 22.8 Å². The van der Waals surface area contributed by atoms with E-state index in [1.807, 2.05) is 0 Å². The molecule has 1 aromatic heterocycles. The van der Waals surface area contributed by atoms with Crippen LogP contribution in [0, 0.1) is 0 Å². The molecule has 29 heavy (non-hydrogen) atoms. The van der Waals surface area contributed by atoms with E-state index in [-0.39, 0.29) is 34.5 Å². The van der Waals surface area contributed by atoms with E-state index < -0.39 is 29.6 Å². The number of benzene rings is 1. The second kappa shape index (κ2) is 9.80. The lowest BCUT2D eigenvalue weighted by Crippen LogP contribution is -2.45. The van der Waals surface area contributed by atoms with E-state index in [1.165, 1.54) is 13.0 Å². The molecule has 0 spiro atoms. The van der Waals surface area contributed by atoms with Gasteiger partial charge in [0.05, 0.1) is 21.2 Å². The number of amides is 2. The third-order valence-electron chi connectivity index (χ3n) is 3.74. The first-order chi connectivity index (χ1) is 13.6. The Morgan fingerprint density at radius 1 is 1.14 bits per heavy atom. The molecule has 1 atom stereocenters. The molecule has 0 fully saturated rings. The molecule has 156 valence electrons. The van der Waals surface area contributed by atoms with E-state index in [9.17, 15) is 22.8 Å².